The summed E-state index contributed by atoms with van der Waals surface area (Å²) >= 11 is 1.63. The van der Waals surface area contributed by atoms with Crippen LogP contribution in [0.3, 0.4) is 0 Å². The highest BCUT2D eigenvalue weighted by Gasteiger charge is 2.14. The molecule has 5 rings (SSSR count). The Hall–Kier alpha value is -4.14. The fourth-order valence-corrected chi connectivity index (χ4v) is 4.93. The van der Waals surface area contributed by atoms with Gasteiger partial charge in [-0.1, -0.05) is 36.4 Å². The smallest absolute Gasteiger partial charge is 0.186 e. The first kappa shape index (κ1) is 25.5. The highest BCUT2D eigenvalue weighted by molar-refractivity contribution is 7.13. The molecule has 0 aliphatic heterocycles. The van der Waals surface area contributed by atoms with Crippen molar-refractivity contribution in [1.29, 1.82) is 0 Å². The SMILES string of the molecule is COc1cccc(COCc2csc(N(Cc3ccc(-n4cccn4)cc3)Cc3cccc(OC)c3)n2)c1. The molecule has 5 aromatic rings. The van der Waals surface area contributed by atoms with Crippen molar-refractivity contribution in [2.24, 2.45) is 0 Å². The van der Waals surface area contributed by atoms with E-state index < -0.39 is 0 Å². The van der Waals surface area contributed by atoms with E-state index in [9.17, 15) is 0 Å². The molecule has 194 valence electrons. The van der Waals surface area contributed by atoms with Crippen LogP contribution < -0.4 is 14.4 Å². The number of rotatable bonds is 12. The monoisotopic (exact) mass is 526 g/mol. The molecule has 2 heterocycles. The van der Waals surface area contributed by atoms with Crippen LogP contribution in [0, 0.1) is 0 Å². The Morgan fingerprint density at radius 3 is 2.21 bits per heavy atom. The average Bonchev–Trinajstić information content (AvgIpc) is 3.67. The lowest BCUT2D eigenvalue weighted by atomic mass is 10.1. The first-order valence-corrected chi connectivity index (χ1v) is 13.2. The number of anilines is 1. The number of benzene rings is 3. The van der Waals surface area contributed by atoms with Crippen LogP contribution >= 0.6 is 11.3 Å². The van der Waals surface area contributed by atoms with Crippen LogP contribution in [0.1, 0.15) is 22.4 Å². The largest absolute Gasteiger partial charge is 0.497 e. The van der Waals surface area contributed by atoms with Crippen molar-refractivity contribution in [1.82, 2.24) is 14.8 Å². The second-order valence-electron chi connectivity index (χ2n) is 8.79. The van der Waals surface area contributed by atoms with Crippen LogP contribution in [0.25, 0.3) is 5.69 Å². The third-order valence-corrected chi connectivity index (χ3v) is 7.00. The first-order chi connectivity index (χ1) is 18.7. The molecule has 0 amide bonds. The summed E-state index contributed by atoms with van der Waals surface area (Å²) in [6.07, 6.45) is 3.72. The van der Waals surface area contributed by atoms with Gasteiger partial charge in [0.05, 0.1) is 38.8 Å². The lowest BCUT2D eigenvalue weighted by molar-refractivity contribution is 0.105. The number of thiazole rings is 1. The minimum Gasteiger partial charge on any atom is -0.497 e. The number of nitrogens with zero attached hydrogens (tertiary/aromatic N) is 4. The first-order valence-electron chi connectivity index (χ1n) is 12.3. The molecule has 0 fully saturated rings. The Labute approximate surface area is 226 Å². The topological polar surface area (TPSA) is 61.6 Å². The number of hydrogen-bond acceptors (Lipinski definition) is 7. The third-order valence-electron chi connectivity index (χ3n) is 6.05. The van der Waals surface area contributed by atoms with Crippen molar-refractivity contribution < 1.29 is 14.2 Å². The minimum atomic E-state index is 0.444. The molecule has 7 nitrogen and oxygen atoms in total. The summed E-state index contributed by atoms with van der Waals surface area (Å²) in [6.45, 7) is 2.36. The molecular weight excluding hydrogens is 496 g/mol. The summed E-state index contributed by atoms with van der Waals surface area (Å²) in [5, 5.41) is 7.34. The van der Waals surface area contributed by atoms with Crippen molar-refractivity contribution in [3.05, 3.63) is 119 Å². The number of ether oxygens (including phenoxy) is 3. The molecule has 38 heavy (non-hydrogen) atoms. The zero-order valence-corrected chi connectivity index (χ0v) is 22.3. The standard InChI is InChI=1S/C30H30N4O3S/c1-35-28-8-3-6-24(16-28)19-33(18-23-10-12-27(13-11-23)34-15-5-14-31-34)30-32-26(22-38-30)21-37-20-25-7-4-9-29(17-25)36-2/h3-17,22H,18-21H2,1-2H3. The lowest BCUT2D eigenvalue weighted by Crippen LogP contribution is -2.22. The minimum absolute atomic E-state index is 0.444. The highest BCUT2D eigenvalue weighted by Crippen LogP contribution is 2.26. The van der Waals surface area contributed by atoms with Crippen molar-refractivity contribution in [3.63, 3.8) is 0 Å². The third kappa shape index (κ3) is 6.59. The molecule has 0 bridgehead atoms. The molecular formula is C30H30N4O3S. The molecule has 0 aliphatic rings. The maximum Gasteiger partial charge on any atom is 0.186 e. The fourth-order valence-electron chi connectivity index (χ4n) is 4.12. The van der Waals surface area contributed by atoms with Gasteiger partial charge in [0, 0.05) is 30.9 Å². The van der Waals surface area contributed by atoms with Gasteiger partial charge >= 0.3 is 0 Å². The predicted molar refractivity (Wildman–Crippen MR) is 150 cm³/mol. The van der Waals surface area contributed by atoms with Crippen molar-refractivity contribution in [3.8, 4) is 17.2 Å². The van der Waals surface area contributed by atoms with E-state index in [1.807, 2.05) is 53.3 Å². The van der Waals surface area contributed by atoms with Crippen molar-refractivity contribution in [2.45, 2.75) is 26.3 Å². The van der Waals surface area contributed by atoms with Gasteiger partial charge in [-0.05, 0) is 59.2 Å². The quantitative estimate of drug-likeness (QED) is 0.191. The van der Waals surface area contributed by atoms with E-state index in [4.69, 9.17) is 19.2 Å². The van der Waals surface area contributed by atoms with Crippen LogP contribution in [0.4, 0.5) is 5.13 Å². The predicted octanol–water partition coefficient (Wildman–Crippen LogP) is 6.27. The molecule has 0 saturated carbocycles. The van der Waals surface area contributed by atoms with E-state index >= 15 is 0 Å². The maximum atomic E-state index is 5.96. The van der Waals surface area contributed by atoms with Gasteiger partial charge in [-0.2, -0.15) is 5.10 Å². The molecule has 3 aromatic carbocycles. The molecule has 2 aromatic heterocycles. The molecule has 0 unspecified atom stereocenters. The summed E-state index contributed by atoms with van der Waals surface area (Å²) in [7, 11) is 3.36. The van der Waals surface area contributed by atoms with Crippen molar-refractivity contribution >= 4 is 16.5 Å². The summed E-state index contributed by atoms with van der Waals surface area (Å²) in [6, 6.07) is 26.5. The Kier molecular flexibility index (Phi) is 8.32. The molecule has 0 spiro atoms. The highest BCUT2D eigenvalue weighted by atomic mass is 32.1. The summed E-state index contributed by atoms with van der Waals surface area (Å²) in [4.78, 5) is 7.20. The van der Waals surface area contributed by atoms with E-state index in [1.54, 1.807) is 31.8 Å². The summed E-state index contributed by atoms with van der Waals surface area (Å²) in [5.74, 6) is 1.67. The molecule has 8 heteroatoms. The second kappa shape index (κ2) is 12.4. The van der Waals surface area contributed by atoms with Crippen LogP contribution in [0.2, 0.25) is 0 Å². The second-order valence-corrected chi connectivity index (χ2v) is 9.63. The van der Waals surface area contributed by atoms with Crippen molar-refractivity contribution in [2.75, 3.05) is 19.1 Å². The van der Waals surface area contributed by atoms with E-state index in [-0.39, 0.29) is 0 Å². The Morgan fingerprint density at radius 2 is 1.50 bits per heavy atom. The fraction of sp³-hybridized carbons (Fsp3) is 0.200. The molecule has 0 radical (unpaired) electrons. The Bertz CT molecular complexity index is 1430. The van der Waals surface area contributed by atoms with Gasteiger partial charge in [0.1, 0.15) is 11.5 Å². The van der Waals surface area contributed by atoms with E-state index in [0.29, 0.717) is 26.3 Å². The van der Waals surface area contributed by atoms with Gasteiger partial charge in [0.25, 0.3) is 0 Å². The lowest BCUT2D eigenvalue weighted by Gasteiger charge is -2.22. The van der Waals surface area contributed by atoms with Gasteiger partial charge < -0.3 is 19.1 Å². The van der Waals surface area contributed by atoms with Gasteiger partial charge in [-0.3, -0.25) is 0 Å². The Balaban J connectivity index is 1.30. The van der Waals surface area contributed by atoms with E-state index in [2.05, 4.69) is 51.8 Å². The summed E-state index contributed by atoms with van der Waals surface area (Å²) < 4.78 is 18.6. The van der Waals surface area contributed by atoms with Gasteiger partial charge in [0.2, 0.25) is 0 Å². The Morgan fingerprint density at radius 1 is 0.789 bits per heavy atom. The van der Waals surface area contributed by atoms with E-state index in [0.717, 1.165) is 39.1 Å². The van der Waals surface area contributed by atoms with Gasteiger partial charge in [0.15, 0.2) is 5.13 Å². The van der Waals surface area contributed by atoms with Gasteiger partial charge in [-0.15, -0.1) is 11.3 Å². The molecule has 0 N–H and O–H groups in total. The van der Waals surface area contributed by atoms with Crippen LogP contribution in [0.5, 0.6) is 11.5 Å². The number of methoxy groups -OCH3 is 2. The maximum absolute atomic E-state index is 5.96. The normalized spacial score (nSPS) is 10.9. The van der Waals surface area contributed by atoms with Crippen LogP contribution in [-0.4, -0.2) is 29.0 Å². The van der Waals surface area contributed by atoms with Crippen LogP contribution in [0.15, 0.2) is 96.6 Å². The zero-order chi connectivity index (χ0) is 26.2. The van der Waals surface area contributed by atoms with Crippen LogP contribution in [-0.2, 0) is 31.0 Å². The summed E-state index contributed by atoms with van der Waals surface area (Å²) in [5.41, 5.74) is 5.36. The molecule has 0 aliphatic carbocycles. The molecule has 0 saturated heterocycles. The zero-order valence-electron chi connectivity index (χ0n) is 21.5. The average molecular weight is 527 g/mol. The van der Waals surface area contributed by atoms with Gasteiger partial charge in [-0.25, -0.2) is 9.67 Å². The molecule has 0 atom stereocenters. The van der Waals surface area contributed by atoms with E-state index in [1.165, 1.54) is 5.56 Å². The number of hydrogen-bond donors (Lipinski definition) is 0. The number of aromatic nitrogens is 3.